The molecule has 20 heavy (non-hydrogen) atoms. The second-order valence-electron chi connectivity index (χ2n) is 5.60. The van der Waals surface area contributed by atoms with E-state index in [0.717, 1.165) is 22.5 Å². The Morgan fingerprint density at radius 2 is 2.10 bits per heavy atom. The third kappa shape index (κ3) is 2.59. The zero-order valence-corrected chi connectivity index (χ0v) is 13.1. The van der Waals surface area contributed by atoms with E-state index in [4.69, 9.17) is 4.74 Å². The average molecular weight is 291 g/mol. The summed E-state index contributed by atoms with van der Waals surface area (Å²) in [6, 6.07) is 2.13. The summed E-state index contributed by atoms with van der Waals surface area (Å²) in [5, 5.41) is 4.07. The van der Waals surface area contributed by atoms with Gasteiger partial charge in [-0.25, -0.2) is 4.98 Å². The molecule has 1 fully saturated rings. The van der Waals surface area contributed by atoms with Crippen LogP contribution in [0.3, 0.4) is 0 Å². The van der Waals surface area contributed by atoms with Crippen LogP contribution in [0.15, 0.2) is 6.07 Å². The molecule has 1 N–H and O–H groups in total. The lowest BCUT2D eigenvalue weighted by Crippen LogP contribution is -2.28. The molecule has 2 unspecified atom stereocenters. The number of fused-ring (bicyclic) bond motifs is 1. The molecule has 0 aliphatic heterocycles. The third-order valence-electron chi connectivity index (χ3n) is 4.00. The second-order valence-corrected chi connectivity index (χ2v) is 6.83. The predicted molar refractivity (Wildman–Crippen MR) is 83.7 cm³/mol. The lowest BCUT2D eigenvalue weighted by molar-refractivity contribution is 0.0994. The maximum absolute atomic E-state index is 6.25. The van der Waals surface area contributed by atoms with Crippen molar-refractivity contribution in [3.8, 4) is 5.88 Å². The summed E-state index contributed by atoms with van der Waals surface area (Å²) in [7, 11) is 1.84. The summed E-state index contributed by atoms with van der Waals surface area (Å²) in [5.74, 6) is 1.98. The topological polar surface area (TPSA) is 47.0 Å². The van der Waals surface area contributed by atoms with E-state index in [0.29, 0.717) is 11.9 Å². The van der Waals surface area contributed by atoms with E-state index >= 15 is 0 Å². The van der Waals surface area contributed by atoms with Crippen molar-refractivity contribution in [2.75, 3.05) is 12.4 Å². The molecular formula is C15H21N3OS. The first-order valence-electron chi connectivity index (χ1n) is 7.30. The first-order valence-corrected chi connectivity index (χ1v) is 8.11. The fraction of sp³-hybridized carbons (Fsp3) is 0.600. The van der Waals surface area contributed by atoms with Crippen molar-refractivity contribution in [2.24, 2.45) is 5.92 Å². The SMILES string of the molecule is CNc1nc(OC2CCCCC2C)c2cc(C)sc2n1. The Balaban J connectivity index is 1.96. The number of anilines is 1. The maximum Gasteiger partial charge on any atom is 0.227 e. The molecular weight excluding hydrogens is 270 g/mol. The van der Waals surface area contributed by atoms with E-state index in [1.54, 1.807) is 11.3 Å². The van der Waals surface area contributed by atoms with Gasteiger partial charge in [0.1, 0.15) is 10.9 Å². The van der Waals surface area contributed by atoms with Crippen LogP contribution in [0.2, 0.25) is 0 Å². The molecule has 0 bridgehead atoms. The van der Waals surface area contributed by atoms with Gasteiger partial charge in [-0.1, -0.05) is 13.3 Å². The smallest absolute Gasteiger partial charge is 0.227 e. The number of ether oxygens (including phenoxy) is 1. The monoisotopic (exact) mass is 291 g/mol. The number of hydrogen-bond acceptors (Lipinski definition) is 5. The first-order chi connectivity index (χ1) is 9.67. The highest BCUT2D eigenvalue weighted by Crippen LogP contribution is 2.34. The third-order valence-corrected chi connectivity index (χ3v) is 4.94. The Morgan fingerprint density at radius 3 is 2.85 bits per heavy atom. The number of aryl methyl sites for hydroxylation is 1. The van der Waals surface area contributed by atoms with Crippen LogP contribution in [0.4, 0.5) is 5.95 Å². The Labute approximate surface area is 123 Å². The van der Waals surface area contributed by atoms with E-state index in [1.807, 2.05) is 7.05 Å². The van der Waals surface area contributed by atoms with E-state index in [2.05, 4.69) is 35.2 Å². The number of nitrogens with zero attached hydrogens (tertiary/aromatic N) is 2. The van der Waals surface area contributed by atoms with E-state index in [-0.39, 0.29) is 6.10 Å². The molecule has 2 aromatic heterocycles. The van der Waals surface area contributed by atoms with Gasteiger partial charge >= 0.3 is 0 Å². The fourth-order valence-electron chi connectivity index (χ4n) is 2.82. The van der Waals surface area contributed by atoms with E-state index in [9.17, 15) is 0 Å². The maximum atomic E-state index is 6.25. The normalized spacial score (nSPS) is 22.9. The summed E-state index contributed by atoms with van der Waals surface area (Å²) in [6.45, 7) is 4.37. The summed E-state index contributed by atoms with van der Waals surface area (Å²) >= 11 is 1.69. The molecule has 4 nitrogen and oxygen atoms in total. The summed E-state index contributed by atoms with van der Waals surface area (Å²) in [5.41, 5.74) is 0. The zero-order chi connectivity index (χ0) is 14.1. The van der Waals surface area contributed by atoms with Crippen LogP contribution in [-0.4, -0.2) is 23.1 Å². The van der Waals surface area contributed by atoms with Gasteiger partial charge in [0.2, 0.25) is 11.8 Å². The van der Waals surface area contributed by atoms with Crippen molar-refractivity contribution in [1.82, 2.24) is 9.97 Å². The van der Waals surface area contributed by atoms with Crippen LogP contribution in [0.25, 0.3) is 10.2 Å². The minimum Gasteiger partial charge on any atom is -0.473 e. The fourth-order valence-corrected chi connectivity index (χ4v) is 3.69. The van der Waals surface area contributed by atoms with Gasteiger partial charge in [0.15, 0.2) is 0 Å². The molecule has 5 heteroatoms. The van der Waals surface area contributed by atoms with Crippen molar-refractivity contribution < 1.29 is 4.74 Å². The lowest BCUT2D eigenvalue weighted by Gasteiger charge is -2.29. The number of aromatic nitrogens is 2. The summed E-state index contributed by atoms with van der Waals surface area (Å²) in [6.07, 6.45) is 5.24. The molecule has 1 aliphatic carbocycles. The molecule has 0 amide bonds. The Hall–Kier alpha value is -1.36. The van der Waals surface area contributed by atoms with Gasteiger partial charge in [-0.15, -0.1) is 11.3 Å². The number of hydrogen-bond donors (Lipinski definition) is 1. The van der Waals surface area contributed by atoms with Gasteiger partial charge in [0.05, 0.1) is 5.39 Å². The van der Waals surface area contributed by atoms with Gasteiger partial charge in [-0.05, 0) is 38.2 Å². The van der Waals surface area contributed by atoms with Crippen LogP contribution >= 0.6 is 11.3 Å². The highest BCUT2D eigenvalue weighted by atomic mass is 32.1. The number of nitrogens with one attached hydrogen (secondary N) is 1. The van der Waals surface area contributed by atoms with E-state index < -0.39 is 0 Å². The molecule has 1 aliphatic rings. The molecule has 0 spiro atoms. The van der Waals surface area contributed by atoms with E-state index in [1.165, 1.54) is 24.1 Å². The molecule has 2 aromatic rings. The lowest BCUT2D eigenvalue weighted by atomic mass is 9.88. The Morgan fingerprint density at radius 1 is 1.30 bits per heavy atom. The average Bonchev–Trinajstić information content (AvgIpc) is 2.81. The molecule has 0 aromatic carbocycles. The Bertz CT molecular complexity index is 610. The van der Waals surface area contributed by atoms with Crippen LogP contribution in [0, 0.1) is 12.8 Å². The molecule has 108 valence electrons. The molecule has 0 radical (unpaired) electrons. The molecule has 0 saturated heterocycles. The van der Waals surface area contributed by atoms with Crippen molar-refractivity contribution >= 4 is 27.5 Å². The van der Waals surface area contributed by atoms with Crippen molar-refractivity contribution in [3.63, 3.8) is 0 Å². The molecule has 1 saturated carbocycles. The second kappa shape index (κ2) is 5.56. The van der Waals surface area contributed by atoms with Crippen molar-refractivity contribution in [1.29, 1.82) is 0 Å². The zero-order valence-electron chi connectivity index (χ0n) is 12.3. The minimum atomic E-state index is 0.284. The minimum absolute atomic E-state index is 0.284. The predicted octanol–water partition coefficient (Wildman–Crippen LogP) is 4.00. The standard InChI is InChI=1S/C15H21N3OS/c1-9-6-4-5-7-12(9)19-13-11-8-10(2)20-14(11)18-15(16-3)17-13/h8-9,12H,4-7H2,1-3H3,(H,16,17,18). The van der Waals surface area contributed by atoms with Gasteiger partial charge in [-0.2, -0.15) is 4.98 Å². The number of rotatable bonds is 3. The highest BCUT2D eigenvalue weighted by Gasteiger charge is 2.24. The van der Waals surface area contributed by atoms with Gasteiger partial charge in [0, 0.05) is 11.9 Å². The van der Waals surface area contributed by atoms with Crippen LogP contribution < -0.4 is 10.1 Å². The van der Waals surface area contributed by atoms with Crippen LogP contribution in [0.5, 0.6) is 5.88 Å². The van der Waals surface area contributed by atoms with Crippen molar-refractivity contribution in [3.05, 3.63) is 10.9 Å². The quantitative estimate of drug-likeness (QED) is 0.928. The Kier molecular flexibility index (Phi) is 3.78. The van der Waals surface area contributed by atoms with Crippen LogP contribution in [0.1, 0.15) is 37.5 Å². The van der Waals surface area contributed by atoms with Gasteiger partial charge < -0.3 is 10.1 Å². The summed E-state index contributed by atoms with van der Waals surface area (Å²) < 4.78 is 6.25. The summed E-state index contributed by atoms with van der Waals surface area (Å²) in [4.78, 5) is 11.3. The van der Waals surface area contributed by atoms with Gasteiger partial charge in [0.25, 0.3) is 0 Å². The molecule has 2 heterocycles. The van der Waals surface area contributed by atoms with Crippen LogP contribution in [-0.2, 0) is 0 Å². The first kappa shape index (κ1) is 13.6. The largest absolute Gasteiger partial charge is 0.473 e. The number of thiophene rings is 1. The van der Waals surface area contributed by atoms with Gasteiger partial charge in [-0.3, -0.25) is 0 Å². The molecule has 2 atom stereocenters. The molecule has 3 rings (SSSR count). The highest BCUT2D eigenvalue weighted by molar-refractivity contribution is 7.18. The van der Waals surface area contributed by atoms with Crippen molar-refractivity contribution in [2.45, 2.75) is 45.6 Å².